The van der Waals surface area contributed by atoms with Gasteiger partial charge in [-0.3, -0.25) is 4.79 Å². The first-order chi connectivity index (χ1) is 16.7. The van der Waals surface area contributed by atoms with Gasteiger partial charge in [0.25, 0.3) is 5.91 Å². The zero-order valence-electron chi connectivity index (χ0n) is 18.5. The first-order valence-electron chi connectivity index (χ1n) is 10.8. The predicted octanol–water partition coefficient (Wildman–Crippen LogP) is 6.32. The zero-order chi connectivity index (χ0) is 23.3. The third kappa shape index (κ3) is 4.97. The summed E-state index contributed by atoms with van der Waals surface area (Å²) in [6.45, 7) is 0.491. The largest absolute Gasteiger partial charge is 0.497 e. The van der Waals surface area contributed by atoms with Gasteiger partial charge in [-0.2, -0.15) is 0 Å². The highest BCUT2D eigenvalue weighted by Crippen LogP contribution is 2.29. The molecule has 0 bridgehead atoms. The minimum absolute atomic E-state index is 0.159. The summed E-state index contributed by atoms with van der Waals surface area (Å²) in [4.78, 5) is 17.5. The Labute approximate surface area is 202 Å². The zero-order valence-corrected chi connectivity index (χ0v) is 19.3. The molecule has 34 heavy (non-hydrogen) atoms. The van der Waals surface area contributed by atoms with Gasteiger partial charge in [0.05, 0.1) is 17.7 Å². The van der Waals surface area contributed by atoms with Crippen LogP contribution in [0.5, 0.6) is 11.5 Å². The van der Waals surface area contributed by atoms with Crippen molar-refractivity contribution in [1.29, 1.82) is 0 Å². The summed E-state index contributed by atoms with van der Waals surface area (Å²) in [5.74, 6) is 1.38. The lowest BCUT2D eigenvalue weighted by Gasteiger charge is -2.09. The van der Waals surface area contributed by atoms with Crippen LogP contribution in [0.4, 0.5) is 5.69 Å². The molecule has 0 unspecified atom stereocenters. The third-order valence-corrected chi connectivity index (χ3v) is 6.32. The quantitative estimate of drug-likeness (QED) is 0.338. The molecule has 5 rings (SSSR count). The Morgan fingerprint density at radius 3 is 2.41 bits per heavy atom. The molecule has 4 aromatic rings. The summed E-state index contributed by atoms with van der Waals surface area (Å²) < 4.78 is 11.2. The van der Waals surface area contributed by atoms with E-state index in [2.05, 4.69) is 34.6 Å². The topological polar surface area (TPSA) is 59.9 Å². The number of methoxy groups -OCH3 is 1. The number of fused-ring (bicyclic) bond motifs is 1. The smallest absolute Gasteiger partial charge is 0.264 e. The predicted molar refractivity (Wildman–Crippen MR) is 139 cm³/mol. The van der Waals surface area contributed by atoms with Gasteiger partial charge in [0.2, 0.25) is 0 Å². The maximum Gasteiger partial charge on any atom is 0.264 e. The second-order valence-electron chi connectivity index (χ2n) is 7.68. The maximum absolute atomic E-state index is 12.4. The van der Waals surface area contributed by atoms with Crippen molar-refractivity contribution in [2.45, 2.75) is 6.61 Å². The van der Waals surface area contributed by atoms with Crippen molar-refractivity contribution in [3.8, 4) is 11.5 Å². The van der Waals surface area contributed by atoms with E-state index in [1.807, 2.05) is 72.8 Å². The average Bonchev–Trinajstić information content (AvgIpc) is 3.22. The molecule has 168 valence electrons. The monoisotopic (exact) mass is 466 g/mol. The summed E-state index contributed by atoms with van der Waals surface area (Å²) in [6, 6.07) is 29.6. The number of amides is 1. The number of benzene rings is 4. The van der Waals surface area contributed by atoms with Crippen LogP contribution < -0.4 is 14.8 Å². The second-order valence-corrected chi connectivity index (χ2v) is 8.71. The number of amidine groups is 1. The van der Waals surface area contributed by atoms with Crippen molar-refractivity contribution in [2.24, 2.45) is 4.99 Å². The highest BCUT2D eigenvalue weighted by atomic mass is 32.2. The molecular weight excluding hydrogens is 444 g/mol. The van der Waals surface area contributed by atoms with Crippen LogP contribution in [-0.4, -0.2) is 18.2 Å². The summed E-state index contributed by atoms with van der Waals surface area (Å²) in [7, 11) is 1.62. The minimum atomic E-state index is -0.159. The van der Waals surface area contributed by atoms with Crippen LogP contribution >= 0.6 is 11.8 Å². The van der Waals surface area contributed by atoms with E-state index >= 15 is 0 Å². The molecular formula is C28H22N2O3S. The second kappa shape index (κ2) is 9.85. The van der Waals surface area contributed by atoms with Crippen molar-refractivity contribution in [3.05, 3.63) is 107 Å². The molecule has 4 aromatic carbocycles. The van der Waals surface area contributed by atoms with E-state index in [1.165, 1.54) is 22.5 Å². The van der Waals surface area contributed by atoms with Gasteiger partial charge in [-0.1, -0.05) is 54.6 Å². The molecule has 0 aliphatic carbocycles. The van der Waals surface area contributed by atoms with Crippen molar-refractivity contribution >= 4 is 45.4 Å². The maximum atomic E-state index is 12.4. The van der Waals surface area contributed by atoms with Gasteiger partial charge in [-0.25, -0.2) is 4.99 Å². The summed E-state index contributed by atoms with van der Waals surface area (Å²) in [5.41, 5.74) is 2.81. The number of rotatable bonds is 6. The number of hydrogen-bond acceptors (Lipinski definition) is 5. The van der Waals surface area contributed by atoms with Crippen LogP contribution in [0.3, 0.4) is 0 Å². The number of nitrogens with zero attached hydrogens (tertiary/aromatic N) is 1. The molecule has 5 nitrogen and oxygen atoms in total. The molecule has 0 aromatic heterocycles. The van der Waals surface area contributed by atoms with Crippen molar-refractivity contribution in [2.75, 3.05) is 7.11 Å². The Bertz CT molecular complexity index is 1390. The van der Waals surface area contributed by atoms with E-state index in [0.717, 1.165) is 28.3 Å². The van der Waals surface area contributed by atoms with Gasteiger partial charge in [-0.05, 0) is 76.1 Å². The van der Waals surface area contributed by atoms with Crippen molar-refractivity contribution in [1.82, 2.24) is 5.32 Å². The molecule has 0 saturated carbocycles. The van der Waals surface area contributed by atoms with Crippen LogP contribution in [0, 0.1) is 0 Å². The molecule has 1 N–H and O–H groups in total. The van der Waals surface area contributed by atoms with Gasteiger partial charge in [0, 0.05) is 0 Å². The first-order valence-corrected chi connectivity index (χ1v) is 11.6. The van der Waals surface area contributed by atoms with Crippen LogP contribution in [0.25, 0.3) is 16.8 Å². The molecule has 1 saturated heterocycles. The fourth-order valence-corrected chi connectivity index (χ4v) is 4.49. The fraction of sp³-hybridized carbons (Fsp3) is 0.0714. The van der Waals surface area contributed by atoms with E-state index in [1.54, 1.807) is 7.11 Å². The van der Waals surface area contributed by atoms with Crippen molar-refractivity contribution < 1.29 is 14.3 Å². The highest BCUT2D eigenvalue weighted by Gasteiger charge is 2.23. The molecule has 1 fully saturated rings. The summed E-state index contributed by atoms with van der Waals surface area (Å²) in [6.07, 6.45) is 1.85. The Morgan fingerprint density at radius 1 is 0.882 bits per heavy atom. The lowest BCUT2D eigenvalue weighted by Crippen LogP contribution is -2.19. The number of ether oxygens (including phenoxy) is 2. The lowest BCUT2D eigenvalue weighted by atomic mass is 10.1. The number of aliphatic imine (C=N–C) groups is 1. The van der Waals surface area contributed by atoms with Crippen LogP contribution in [0.15, 0.2) is 101 Å². The normalized spacial score (nSPS) is 15.6. The van der Waals surface area contributed by atoms with Gasteiger partial charge in [0.1, 0.15) is 18.1 Å². The molecule has 1 aliphatic heterocycles. The number of carbonyl (C=O) groups is 1. The average molecular weight is 467 g/mol. The van der Waals surface area contributed by atoms with Gasteiger partial charge < -0.3 is 14.8 Å². The molecule has 1 amide bonds. The highest BCUT2D eigenvalue weighted by molar-refractivity contribution is 8.18. The molecule has 1 aliphatic rings. The van der Waals surface area contributed by atoms with E-state index in [9.17, 15) is 4.79 Å². The molecule has 0 atom stereocenters. The number of nitrogens with one attached hydrogen (secondary N) is 1. The van der Waals surface area contributed by atoms with Crippen LogP contribution in [0.1, 0.15) is 11.1 Å². The minimum Gasteiger partial charge on any atom is -0.497 e. The molecule has 0 spiro atoms. The van der Waals surface area contributed by atoms with Gasteiger partial charge in [0.15, 0.2) is 5.17 Å². The summed E-state index contributed by atoms with van der Waals surface area (Å²) >= 11 is 1.32. The number of carbonyl (C=O) groups excluding carboxylic acids is 1. The van der Waals surface area contributed by atoms with E-state index < -0.39 is 0 Å². The third-order valence-electron chi connectivity index (χ3n) is 5.41. The standard InChI is InChI=1S/C28H22N2O3S/c1-32-23-15-11-22(12-16-23)29-28-30-27(31)26(34-28)17-19-9-13-24(14-10-19)33-18-21-7-4-6-20-5-2-3-8-25(20)21/h2-17H,18H2,1H3,(H,29,30,31)/b26-17+. The molecule has 0 radical (unpaired) electrons. The van der Waals surface area contributed by atoms with Gasteiger partial charge >= 0.3 is 0 Å². The SMILES string of the molecule is COc1ccc(N=C2NC(=O)/C(=C\c3ccc(OCc4cccc5ccccc45)cc3)S2)cc1. The van der Waals surface area contributed by atoms with Crippen LogP contribution in [-0.2, 0) is 11.4 Å². The van der Waals surface area contributed by atoms with E-state index in [0.29, 0.717) is 16.7 Å². The van der Waals surface area contributed by atoms with Crippen LogP contribution in [0.2, 0.25) is 0 Å². The summed E-state index contributed by atoms with van der Waals surface area (Å²) in [5, 5.41) is 5.77. The van der Waals surface area contributed by atoms with Crippen molar-refractivity contribution in [3.63, 3.8) is 0 Å². The molecule has 6 heteroatoms. The molecule has 1 heterocycles. The van der Waals surface area contributed by atoms with Gasteiger partial charge in [-0.15, -0.1) is 0 Å². The van der Waals surface area contributed by atoms with E-state index in [-0.39, 0.29) is 5.91 Å². The van der Waals surface area contributed by atoms with E-state index in [4.69, 9.17) is 9.47 Å². The number of hydrogen-bond donors (Lipinski definition) is 1. The Kier molecular flexibility index (Phi) is 6.31. The Balaban J connectivity index is 1.24. The fourth-order valence-electron chi connectivity index (χ4n) is 3.65. The Morgan fingerprint density at radius 2 is 1.62 bits per heavy atom. The lowest BCUT2D eigenvalue weighted by molar-refractivity contribution is -0.115. The number of thioether (sulfide) groups is 1. The first kappa shape index (κ1) is 21.8. The Hall–Kier alpha value is -4.03.